The molecule has 2 heterocycles. The first kappa shape index (κ1) is 21.4. The van der Waals surface area contributed by atoms with Crippen LogP contribution >= 0.6 is 23.4 Å². The second-order valence-corrected chi connectivity index (χ2v) is 8.75. The van der Waals surface area contributed by atoms with Gasteiger partial charge in [-0.15, -0.1) is 11.8 Å². The first-order chi connectivity index (χ1) is 15.0. The van der Waals surface area contributed by atoms with E-state index in [9.17, 15) is 9.59 Å². The molecule has 9 heteroatoms. The average molecular weight is 457 g/mol. The number of hydrogen-bond donors (Lipinski definition) is 3. The standard InChI is InChI=1S/C22H21ClN4O3S/c1-13-2-4-14(5-3-13)17-11-24-30-21(17)26-20(29)12-31-22-25-18(10-19(28)27-22)15-6-8-16(23)9-7-15/h2-9,11,18,22,25H,10,12H2,1H3,(H,26,29)(H,27,28). The van der Waals surface area contributed by atoms with Crippen LogP contribution < -0.4 is 16.0 Å². The summed E-state index contributed by atoms with van der Waals surface area (Å²) in [6.45, 7) is 2.01. The van der Waals surface area contributed by atoms with Gasteiger partial charge in [0, 0.05) is 17.5 Å². The first-order valence-electron chi connectivity index (χ1n) is 9.72. The van der Waals surface area contributed by atoms with Crippen molar-refractivity contribution in [1.29, 1.82) is 0 Å². The number of halogens is 1. The van der Waals surface area contributed by atoms with E-state index in [2.05, 4.69) is 21.1 Å². The minimum Gasteiger partial charge on any atom is -0.338 e. The Hall–Kier alpha value is -2.81. The van der Waals surface area contributed by atoms with E-state index in [-0.39, 0.29) is 29.1 Å². The molecule has 7 nitrogen and oxygen atoms in total. The number of anilines is 1. The highest BCUT2D eigenvalue weighted by Gasteiger charge is 2.27. The molecule has 2 unspecified atom stereocenters. The van der Waals surface area contributed by atoms with Crippen LogP contribution in [0.15, 0.2) is 59.3 Å². The Kier molecular flexibility index (Phi) is 6.60. The van der Waals surface area contributed by atoms with Crippen LogP contribution in [-0.2, 0) is 9.59 Å². The fraction of sp³-hybridized carbons (Fsp3) is 0.227. The number of benzene rings is 2. The van der Waals surface area contributed by atoms with Gasteiger partial charge in [0.25, 0.3) is 0 Å². The van der Waals surface area contributed by atoms with Crippen molar-refractivity contribution in [3.8, 4) is 11.1 Å². The molecule has 31 heavy (non-hydrogen) atoms. The molecule has 1 aliphatic heterocycles. The van der Waals surface area contributed by atoms with Gasteiger partial charge >= 0.3 is 0 Å². The molecule has 0 spiro atoms. The minimum atomic E-state index is -0.390. The molecule has 1 saturated heterocycles. The maximum Gasteiger partial charge on any atom is 0.239 e. The molecule has 1 aliphatic rings. The highest BCUT2D eigenvalue weighted by molar-refractivity contribution is 8.00. The van der Waals surface area contributed by atoms with E-state index < -0.39 is 0 Å². The number of amides is 2. The molecule has 3 N–H and O–H groups in total. The molecular weight excluding hydrogens is 436 g/mol. The van der Waals surface area contributed by atoms with Crippen LogP contribution in [-0.4, -0.2) is 28.2 Å². The van der Waals surface area contributed by atoms with Gasteiger partial charge in [-0.3, -0.25) is 20.2 Å². The Morgan fingerprint density at radius 3 is 2.71 bits per heavy atom. The predicted octanol–water partition coefficient (Wildman–Crippen LogP) is 4.11. The Labute approximate surface area is 188 Å². The minimum absolute atomic E-state index is 0.0755. The van der Waals surface area contributed by atoms with Crippen molar-refractivity contribution < 1.29 is 14.1 Å². The number of aryl methyl sites for hydroxylation is 1. The van der Waals surface area contributed by atoms with Crippen molar-refractivity contribution in [2.75, 3.05) is 11.1 Å². The zero-order chi connectivity index (χ0) is 21.8. The zero-order valence-electron chi connectivity index (χ0n) is 16.7. The first-order valence-corrected chi connectivity index (χ1v) is 11.1. The summed E-state index contributed by atoms with van der Waals surface area (Å²) >= 11 is 7.24. The molecule has 2 atom stereocenters. The SMILES string of the molecule is Cc1ccc(-c2cnoc2NC(=O)CSC2NC(=O)CC(c3ccc(Cl)cc3)N2)cc1. The van der Waals surface area contributed by atoms with E-state index in [1.165, 1.54) is 11.8 Å². The van der Waals surface area contributed by atoms with Gasteiger partial charge in [0.05, 0.1) is 17.5 Å². The third-order valence-corrected chi connectivity index (χ3v) is 6.14. The molecule has 0 radical (unpaired) electrons. The van der Waals surface area contributed by atoms with Crippen molar-refractivity contribution in [2.45, 2.75) is 24.9 Å². The van der Waals surface area contributed by atoms with Gasteiger partial charge in [0.2, 0.25) is 17.7 Å². The van der Waals surface area contributed by atoms with Gasteiger partial charge in [-0.25, -0.2) is 0 Å². The van der Waals surface area contributed by atoms with Crippen molar-refractivity contribution in [3.63, 3.8) is 0 Å². The van der Waals surface area contributed by atoms with Crippen molar-refractivity contribution >= 4 is 41.1 Å². The van der Waals surface area contributed by atoms with Crippen LogP contribution in [0, 0.1) is 6.92 Å². The summed E-state index contributed by atoms with van der Waals surface area (Å²) in [7, 11) is 0. The number of carbonyl (C=O) groups is 2. The average Bonchev–Trinajstić information content (AvgIpc) is 3.21. The predicted molar refractivity (Wildman–Crippen MR) is 122 cm³/mol. The molecule has 0 aliphatic carbocycles. The van der Waals surface area contributed by atoms with Crippen molar-refractivity contribution in [1.82, 2.24) is 15.8 Å². The van der Waals surface area contributed by atoms with Crippen LogP contribution in [0.3, 0.4) is 0 Å². The van der Waals surface area contributed by atoms with E-state index in [4.69, 9.17) is 16.1 Å². The van der Waals surface area contributed by atoms with Crippen LogP contribution in [0.4, 0.5) is 5.88 Å². The summed E-state index contributed by atoms with van der Waals surface area (Å²) in [6, 6.07) is 15.1. The van der Waals surface area contributed by atoms with Gasteiger partial charge in [0.15, 0.2) is 0 Å². The van der Waals surface area contributed by atoms with Crippen LogP contribution in [0.1, 0.15) is 23.6 Å². The monoisotopic (exact) mass is 456 g/mol. The maximum absolute atomic E-state index is 12.5. The van der Waals surface area contributed by atoms with Gasteiger partial charge in [-0.05, 0) is 30.2 Å². The molecular formula is C22H21ClN4O3S. The molecule has 1 aromatic heterocycles. The summed E-state index contributed by atoms with van der Waals surface area (Å²) in [5, 5.41) is 13.4. The normalized spacial score (nSPS) is 18.5. The Morgan fingerprint density at radius 2 is 1.97 bits per heavy atom. The third kappa shape index (κ3) is 5.46. The quantitative estimate of drug-likeness (QED) is 0.516. The van der Waals surface area contributed by atoms with E-state index in [0.717, 1.165) is 16.7 Å². The number of thioether (sulfide) groups is 1. The number of hydrogen-bond acceptors (Lipinski definition) is 6. The second-order valence-electron chi connectivity index (χ2n) is 7.22. The molecule has 160 valence electrons. The number of rotatable bonds is 6. The van der Waals surface area contributed by atoms with Gasteiger partial charge in [-0.1, -0.05) is 58.7 Å². The zero-order valence-corrected chi connectivity index (χ0v) is 18.3. The fourth-order valence-electron chi connectivity index (χ4n) is 3.26. The largest absolute Gasteiger partial charge is 0.338 e. The Morgan fingerprint density at radius 1 is 1.23 bits per heavy atom. The van der Waals surface area contributed by atoms with Crippen LogP contribution in [0.5, 0.6) is 0 Å². The molecule has 2 aromatic carbocycles. The second kappa shape index (κ2) is 9.55. The summed E-state index contributed by atoms with van der Waals surface area (Å²) in [4.78, 5) is 24.6. The lowest BCUT2D eigenvalue weighted by molar-refractivity contribution is -0.123. The Bertz CT molecular complexity index is 1070. The van der Waals surface area contributed by atoms with Crippen LogP contribution in [0.25, 0.3) is 11.1 Å². The highest BCUT2D eigenvalue weighted by atomic mass is 35.5. The lowest BCUT2D eigenvalue weighted by Crippen LogP contribution is -2.51. The van der Waals surface area contributed by atoms with E-state index in [1.54, 1.807) is 18.3 Å². The Balaban J connectivity index is 1.35. The summed E-state index contributed by atoms with van der Waals surface area (Å²) in [5.74, 6) is 0.0988. The molecule has 4 rings (SSSR count). The van der Waals surface area contributed by atoms with Crippen molar-refractivity contribution in [3.05, 3.63) is 70.9 Å². The number of carbonyl (C=O) groups excluding carboxylic acids is 2. The molecule has 0 bridgehead atoms. The van der Waals surface area contributed by atoms with E-state index in [0.29, 0.717) is 22.9 Å². The summed E-state index contributed by atoms with van der Waals surface area (Å²) in [5.41, 5.74) is 3.34. The van der Waals surface area contributed by atoms with Crippen molar-refractivity contribution in [2.24, 2.45) is 0 Å². The lowest BCUT2D eigenvalue weighted by Gasteiger charge is -2.31. The molecule has 3 aromatic rings. The fourth-order valence-corrected chi connectivity index (χ4v) is 4.25. The number of nitrogens with one attached hydrogen (secondary N) is 3. The van der Waals surface area contributed by atoms with Gasteiger partial charge in [0.1, 0.15) is 5.50 Å². The van der Waals surface area contributed by atoms with E-state index in [1.807, 2.05) is 43.3 Å². The highest BCUT2D eigenvalue weighted by Crippen LogP contribution is 2.29. The number of aromatic nitrogens is 1. The smallest absolute Gasteiger partial charge is 0.239 e. The number of nitrogens with zero attached hydrogens (tertiary/aromatic N) is 1. The third-order valence-electron chi connectivity index (χ3n) is 4.87. The molecule has 0 saturated carbocycles. The van der Waals surface area contributed by atoms with Gasteiger partial charge < -0.3 is 9.84 Å². The van der Waals surface area contributed by atoms with Crippen LogP contribution in [0.2, 0.25) is 5.02 Å². The lowest BCUT2D eigenvalue weighted by atomic mass is 10.0. The molecule has 1 fully saturated rings. The maximum atomic E-state index is 12.5. The topological polar surface area (TPSA) is 96.3 Å². The molecule has 2 amide bonds. The van der Waals surface area contributed by atoms with Gasteiger partial charge in [-0.2, -0.15) is 0 Å². The van der Waals surface area contributed by atoms with E-state index >= 15 is 0 Å². The summed E-state index contributed by atoms with van der Waals surface area (Å²) < 4.78 is 5.23. The summed E-state index contributed by atoms with van der Waals surface area (Å²) in [6.07, 6.45) is 1.90.